The topological polar surface area (TPSA) is 89.6 Å². The molecule has 0 aliphatic rings. The molecule has 0 aliphatic heterocycles. The summed E-state index contributed by atoms with van der Waals surface area (Å²) < 4.78 is 9.33. The molecule has 0 saturated heterocycles. The van der Waals surface area contributed by atoms with Crippen LogP contribution in [0.25, 0.3) is 11.3 Å². The first-order valence-electron chi connectivity index (χ1n) is 6.34. The van der Waals surface area contributed by atoms with Crippen LogP contribution < -0.4 is 10.6 Å². The van der Waals surface area contributed by atoms with Gasteiger partial charge in [-0.25, -0.2) is 9.78 Å². The van der Waals surface area contributed by atoms with Crippen LogP contribution in [-0.4, -0.2) is 37.8 Å². The van der Waals surface area contributed by atoms with Crippen molar-refractivity contribution in [2.24, 2.45) is 0 Å². The number of hydrogen-bond donors (Lipinski definition) is 2. The summed E-state index contributed by atoms with van der Waals surface area (Å²) in [5.41, 5.74) is 1.39. The van der Waals surface area contributed by atoms with Gasteiger partial charge in [0.1, 0.15) is 17.3 Å². The summed E-state index contributed by atoms with van der Waals surface area (Å²) >= 11 is 1.14. The van der Waals surface area contributed by atoms with E-state index in [4.69, 9.17) is 4.74 Å². The molecule has 0 unspecified atom stereocenters. The van der Waals surface area contributed by atoms with Gasteiger partial charge in [-0.15, -0.1) is 0 Å². The molecule has 0 saturated carbocycles. The summed E-state index contributed by atoms with van der Waals surface area (Å²) in [6, 6.07) is 9.34. The van der Waals surface area contributed by atoms with Crippen LogP contribution in [0.5, 0.6) is 0 Å². The molecule has 2 amide bonds. The lowest BCUT2D eigenvalue weighted by Crippen LogP contribution is -2.16. The molecule has 22 heavy (non-hydrogen) atoms. The van der Waals surface area contributed by atoms with Gasteiger partial charge in [-0.2, -0.15) is 0 Å². The number of aromatic nitrogens is 1. The number of anilines is 2. The molecule has 116 valence electrons. The molecule has 1 aromatic heterocycles. The van der Waals surface area contributed by atoms with Crippen LogP contribution in [0.2, 0.25) is 0 Å². The number of hydrogen-bond acceptors (Lipinski definition) is 6. The van der Waals surface area contributed by atoms with Crippen molar-refractivity contribution in [1.29, 1.82) is 0 Å². The second-order valence-corrected chi connectivity index (χ2v) is 5.16. The summed E-state index contributed by atoms with van der Waals surface area (Å²) in [4.78, 5) is 27.3. The maximum atomic E-state index is 11.7. The number of carbonyl (C=O) groups excluding carboxylic acids is 2. The Balaban J connectivity index is 2.32. The lowest BCUT2D eigenvalue weighted by molar-refractivity contribution is -0.119. The van der Waals surface area contributed by atoms with Crippen LogP contribution in [0.3, 0.4) is 0 Å². The average Bonchev–Trinajstić information content (AvgIpc) is 2.90. The van der Waals surface area contributed by atoms with Gasteiger partial charge < -0.3 is 14.8 Å². The normalized spacial score (nSPS) is 10.1. The van der Waals surface area contributed by atoms with E-state index in [0.29, 0.717) is 15.8 Å². The van der Waals surface area contributed by atoms with Gasteiger partial charge in [0.2, 0.25) is 0 Å². The minimum atomic E-state index is -0.622. The maximum absolute atomic E-state index is 11.7. The minimum absolute atomic E-state index is 0.0636. The molecule has 1 aromatic carbocycles. The van der Waals surface area contributed by atoms with Crippen molar-refractivity contribution < 1.29 is 19.1 Å². The Bertz CT molecular complexity index is 657. The van der Waals surface area contributed by atoms with Gasteiger partial charge in [0, 0.05) is 12.7 Å². The summed E-state index contributed by atoms with van der Waals surface area (Å²) in [6.07, 6.45) is -0.622. The largest absolute Gasteiger partial charge is 0.453 e. The van der Waals surface area contributed by atoms with Crippen molar-refractivity contribution >= 4 is 33.5 Å². The zero-order chi connectivity index (χ0) is 15.9. The molecule has 0 radical (unpaired) electrons. The second-order valence-electron chi connectivity index (χ2n) is 4.16. The molecule has 0 aliphatic carbocycles. The van der Waals surface area contributed by atoms with Crippen molar-refractivity contribution in [3.63, 3.8) is 0 Å². The van der Waals surface area contributed by atoms with E-state index in [1.54, 1.807) is 0 Å². The third-order valence-corrected chi connectivity index (χ3v) is 3.48. The molecule has 0 bridgehead atoms. The van der Waals surface area contributed by atoms with Gasteiger partial charge in [0.05, 0.1) is 7.11 Å². The number of amides is 2. The average molecular weight is 321 g/mol. The number of thiazole rings is 1. The third-order valence-electron chi connectivity index (χ3n) is 2.60. The van der Waals surface area contributed by atoms with Gasteiger partial charge in [-0.3, -0.25) is 10.1 Å². The second kappa shape index (κ2) is 7.53. The van der Waals surface area contributed by atoms with E-state index in [1.165, 1.54) is 14.2 Å². The zero-order valence-corrected chi connectivity index (χ0v) is 12.9. The number of rotatable bonds is 5. The molecule has 7 nitrogen and oxygen atoms in total. The predicted octanol–water partition coefficient (Wildman–Crippen LogP) is 2.57. The molecule has 0 atom stereocenters. The van der Waals surface area contributed by atoms with Gasteiger partial charge in [0.25, 0.3) is 5.91 Å². The molecule has 2 aromatic rings. The Morgan fingerprint density at radius 3 is 2.55 bits per heavy atom. The molecule has 8 heteroatoms. The van der Waals surface area contributed by atoms with E-state index in [0.717, 1.165) is 16.9 Å². The van der Waals surface area contributed by atoms with E-state index in [1.807, 2.05) is 30.3 Å². The van der Waals surface area contributed by atoms with E-state index >= 15 is 0 Å². The van der Waals surface area contributed by atoms with Crippen LogP contribution in [0.15, 0.2) is 30.3 Å². The summed E-state index contributed by atoms with van der Waals surface area (Å²) in [5.74, 6) is -0.298. The standard InChI is InChI=1S/C14H15N3O4S/c1-20-8-10(18)15-12-11(9-6-4-3-5-7-9)16-13(22-12)17-14(19)21-2/h3-7H,8H2,1-2H3,(H,15,18)(H,16,17,19). The predicted molar refractivity (Wildman–Crippen MR) is 84.1 cm³/mol. The number of carbonyl (C=O) groups is 2. The summed E-state index contributed by atoms with van der Waals surface area (Å²) in [5, 5.41) is 6.07. The lowest BCUT2D eigenvalue weighted by Gasteiger charge is -2.04. The van der Waals surface area contributed by atoms with E-state index < -0.39 is 6.09 Å². The van der Waals surface area contributed by atoms with Gasteiger partial charge in [-0.1, -0.05) is 41.7 Å². The highest BCUT2D eigenvalue weighted by molar-refractivity contribution is 7.20. The van der Waals surface area contributed by atoms with Crippen molar-refractivity contribution in [2.75, 3.05) is 31.5 Å². The first-order valence-corrected chi connectivity index (χ1v) is 7.15. The Labute approximate surface area is 131 Å². The van der Waals surface area contributed by atoms with E-state index in [-0.39, 0.29) is 12.5 Å². The zero-order valence-electron chi connectivity index (χ0n) is 12.1. The fourth-order valence-electron chi connectivity index (χ4n) is 1.68. The van der Waals surface area contributed by atoms with E-state index in [2.05, 4.69) is 20.4 Å². The van der Waals surface area contributed by atoms with Crippen LogP contribution >= 0.6 is 11.3 Å². The SMILES string of the molecule is COCC(=O)Nc1sc(NC(=O)OC)nc1-c1ccccc1. The smallest absolute Gasteiger partial charge is 0.413 e. The Hall–Kier alpha value is -2.45. The van der Waals surface area contributed by atoms with Gasteiger partial charge in [0.15, 0.2) is 5.13 Å². The highest BCUT2D eigenvalue weighted by Gasteiger charge is 2.16. The fraction of sp³-hybridized carbons (Fsp3) is 0.214. The Kier molecular flexibility index (Phi) is 5.45. The summed E-state index contributed by atoms with van der Waals surface area (Å²) in [6.45, 7) is -0.0636. The van der Waals surface area contributed by atoms with Crippen LogP contribution in [0, 0.1) is 0 Å². The highest BCUT2D eigenvalue weighted by atomic mass is 32.1. The monoisotopic (exact) mass is 321 g/mol. The quantitative estimate of drug-likeness (QED) is 0.883. The van der Waals surface area contributed by atoms with Crippen LogP contribution in [0.1, 0.15) is 0 Å². The van der Waals surface area contributed by atoms with Crippen LogP contribution in [-0.2, 0) is 14.3 Å². The first kappa shape index (κ1) is 15.9. The first-order chi connectivity index (χ1) is 10.6. The Morgan fingerprint density at radius 1 is 1.18 bits per heavy atom. The number of benzene rings is 1. The number of ether oxygens (including phenoxy) is 2. The van der Waals surface area contributed by atoms with Gasteiger partial charge in [-0.05, 0) is 0 Å². The minimum Gasteiger partial charge on any atom is -0.453 e. The molecule has 1 heterocycles. The molecule has 2 rings (SSSR count). The lowest BCUT2D eigenvalue weighted by atomic mass is 10.2. The Morgan fingerprint density at radius 2 is 1.91 bits per heavy atom. The molecule has 2 N–H and O–H groups in total. The van der Waals surface area contributed by atoms with E-state index in [9.17, 15) is 9.59 Å². The third kappa shape index (κ3) is 4.03. The van der Waals surface area contributed by atoms with Crippen LogP contribution in [0.4, 0.5) is 14.9 Å². The summed E-state index contributed by atoms with van der Waals surface area (Å²) in [7, 11) is 2.71. The number of methoxy groups -OCH3 is 2. The molecular weight excluding hydrogens is 306 g/mol. The molecular formula is C14H15N3O4S. The molecule has 0 spiro atoms. The highest BCUT2D eigenvalue weighted by Crippen LogP contribution is 2.35. The molecule has 0 fully saturated rings. The van der Waals surface area contributed by atoms with Crippen molar-refractivity contribution in [2.45, 2.75) is 0 Å². The van der Waals surface area contributed by atoms with Crippen molar-refractivity contribution in [1.82, 2.24) is 4.98 Å². The van der Waals surface area contributed by atoms with Crippen molar-refractivity contribution in [3.05, 3.63) is 30.3 Å². The fourth-order valence-corrected chi connectivity index (χ4v) is 2.57. The number of nitrogens with one attached hydrogen (secondary N) is 2. The maximum Gasteiger partial charge on any atom is 0.413 e. The number of nitrogens with zero attached hydrogens (tertiary/aromatic N) is 1. The van der Waals surface area contributed by atoms with Gasteiger partial charge >= 0.3 is 6.09 Å². The van der Waals surface area contributed by atoms with Crippen molar-refractivity contribution in [3.8, 4) is 11.3 Å².